The molecule has 0 amide bonds. The molecule has 0 radical (unpaired) electrons. The Hall–Kier alpha value is -1.14. The van der Waals surface area contributed by atoms with Crippen LogP contribution in [0.4, 0.5) is 0 Å². The molecule has 5 heteroatoms. The molecule has 0 saturated carbocycles. The smallest absolute Gasteiger partial charge is 0.119 e. The molecule has 1 aromatic carbocycles. The van der Waals surface area contributed by atoms with Gasteiger partial charge in [-0.15, -0.1) is 0 Å². The lowest BCUT2D eigenvalue weighted by Crippen LogP contribution is -2.46. The highest BCUT2D eigenvalue weighted by atomic mass is 16.5. The third-order valence-electron chi connectivity index (χ3n) is 5.31. The van der Waals surface area contributed by atoms with Crippen molar-refractivity contribution in [3.05, 3.63) is 30.3 Å². The number of ether oxygens (including phenoxy) is 2. The van der Waals surface area contributed by atoms with Gasteiger partial charge in [-0.05, 0) is 31.4 Å². The highest BCUT2D eigenvalue weighted by Crippen LogP contribution is 2.24. The minimum atomic E-state index is -1.23. The molecule has 0 bridgehead atoms. The van der Waals surface area contributed by atoms with Gasteiger partial charge < -0.3 is 24.8 Å². The van der Waals surface area contributed by atoms with Crippen LogP contribution < -0.4 is 4.74 Å². The van der Waals surface area contributed by atoms with Crippen LogP contribution in [0.15, 0.2) is 30.3 Å². The van der Waals surface area contributed by atoms with Gasteiger partial charge in [0, 0.05) is 6.61 Å². The summed E-state index contributed by atoms with van der Waals surface area (Å²) in [5, 5.41) is 30.6. The van der Waals surface area contributed by atoms with Crippen molar-refractivity contribution in [2.24, 2.45) is 0 Å². The summed E-state index contributed by atoms with van der Waals surface area (Å²) in [4.78, 5) is 0. The van der Waals surface area contributed by atoms with Crippen LogP contribution in [-0.4, -0.2) is 53.5 Å². The van der Waals surface area contributed by atoms with Crippen molar-refractivity contribution in [2.45, 2.75) is 89.3 Å². The number of unbranched alkanes of at least 4 members (excludes halogenated alkanes) is 7. The predicted octanol–water partition coefficient (Wildman–Crippen LogP) is 4.48. The fourth-order valence-electron chi connectivity index (χ4n) is 3.43. The summed E-state index contributed by atoms with van der Waals surface area (Å²) in [7, 11) is 0. The molecule has 2 unspecified atom stereocenters. The minimum absolute atomic E-state index is 0.112. The molecule has 0 heterocycles. The summed E-state index contributed by atoms with van der Waals surface area (Å²) in [5.74, 6) is 0.794. The van der Waals surface area contributed by atoms with E-state index in [-0.39, 0.29) is 13.2 Å². The van der Waals surface area contributed by atoms with E-state index in [0.29, 0.717) is 26.1 Å². The molecule has 0 aromatic heterocycles. The molecule has 0 fully saturated rings. The zero-order valence-electron chi connectivity index (χ0n) is 18.2. The summed E-state index contributed by atoms with van der Waals surface area (Å²) < 4.78 is 11.3. The number of hydrogen-bond donors (Lipinski definition) is 3. The van der Waals surface area contributed by atoms with E-state index in [1.54, 1.807) is 0 Å². The Bertz CT molecular complexity index is 481. The summed E-state index contributed by atoms with van der Waals surface area (Å²) in [6.45, 7) is 3.25. The molecule has 0 aliphatic heterocycles. The third-order valence-corrected chi connectivity index (χ3v) is 5.31. The number of para-hydroxylation sites is 1. The summed E-state index contributed by atoms with van der Waals surface area (Å²) in [5.41, 5.74) is -1.23. The SMILES string of the molecule is CCCCCCCCC(O)(COCCOc1ccccc1)C(O)CCCCCO. The van der Waals surface area contributed by atoms with Gasteiger partial charge in [-0.25, -0.2) is 0 Å². The van der Waals surface area contributed by atoms with Gasteiger partial charge >= 0.3 is 0 Å². The van der Waals surface area contributed by atoms with Gasteiger partial charge in [-0.2, -0.15) is 0 Å². The highest BCUT2D eigenvalue weighted by Gasteiger charge is 2.35. The van der Waals surface area contributed by atoms with E-state index in [9.17, 15) is 10.2 Å². The van der Waals surface area contributed by atoms with Gasteiger partial charge in [0.15, 0.2) is 0 Å². The molecular weight excluding hydrogens is 368 g/mol. The second kappa shape index (κ2) is 16.6. The normalized spacial score (nSPS) is 14.5. The van der Waals surface area contributed by atoms with Crippen LogP contribution in [0.1, 0.15) is 77.6 Å². The van der Waals surface area contributed by atoms with Crippen LogP contribution in [0.25, 0.3) is 0 Å². The number of aliphatic hydroxyl groups excluding tert-OH is 2. The van der Waals surface area contributed by atoms with Crippen molar-refractivity contribution in [2.75, 3.05) is 26.4 Å². The first-order valence-electron chi connectivity index (χ1n) is 11.4. The van der Waals surface area contributed by atoms with Crippen LogP contribution in [0, 0.1) is 0 Å². The van der Waals surface area contributed by atoms with Gasteiger partial charge in [0.05, 0.1) is 19.3 Å². The Morgan fingerprint density at radius 2 is 1.59 bits per heavy atom. The molecule has 29 heavy (non-hydrogen) atoms. The zero-order chi connectivity index (χ0) is 21.2. The Balaban J connectivity index is 2.38. The Morgan fingerprint density at radius 1 is 0.897 bits per heavy atom. The molecule has 1 aromatic rings. The van der Waals surface area contributed by atoms with Gasteiger partial charge in [0.2, 0.25) is 0 Å². The van der Waals surface area contributed by atoms with Crippen molar-refractivity contribution in [3.8, 4) is 5.75 Å². The van der Waals surface area contributed by atoms with E-state index in [0.717, 1.165) is 37.9 Å². The minimum Gasteiger partial charge on any atom is -0.491 e. The number of rotatable bonds is 19. The van der Waals surface area contributed by atoms with Gasteiger partial charge in [0.1, 0.15) is 18.0 Å². The average Bonchev–Trinajstić information content (AvgIpc) is 2.74. The lowest BCUT2D eigenvalue weighted by Gasteiger charge is -2.33. The Morgan fingerprint density at radius 3 is 2.31 bits per heavy atom. The summed E-state index contributed by atoms with van der Waals surface area (Å²) in [6, 6.07) is 9.56. The number of aliphatic hydroxyl groups is 3. The molecule has 0 aliphatic carbocycles. The average molecular weight is 411 g/mol. The van der Waals surface area contributed by atoms with Crippen LogP contribution >= 0.6 is 0 Å². The first-order valence-corrected chi connectivity index (χ1v) is 11.4. The molecule has 2 atom stereocenters. The van der Waals surface area contributed by atoms with Crippen LogP contribution in [-0.2, 0) is 4.74 Å². The number of hydrogen-bond acceptors (Lipinski definition) is 5. The van der Waals surface area contributed by atoms with Crippen molar-refractivity contribution < 1.29 is 24.8 Å². The summed E-state index contributed by atoms with van der Waals surface area (Å²) in [6.07, 6.45) is 9.45. The zero-order valence-corrected chi connectivity index (χ0v) is 18.2. The second-order valence-electron chi connectivity index (χ2n) is 7.92. The van der Waals surface area contributed by atoms with E-state index in [1.165, 1.54) is 25.7 Å². The quantitative estimate of drug-likeness (QED) is 0.293. The van der Waals surface area contributed by atoms with Crippen LogP contribution in [0.2, 0.25) is 0 Å². The van der Waals surface area contributed by atoms with Crippen molar-refractivity contribution >= 4 is 0 Å². The van der Waals surface area contributed by atoms with Gasteiger partial charge in [-0.3, -0.25) is 0 Å². The first kappa shape index (κ1) is 25.9. The van der Waals surface area contributed by atoms with Gasteiger partial charge in [0.25, 0.3) is 0 Å². The molecule has 5 nitrogen and oxygen atoms in total. The van der Waals surface area contributed by atoms with Gasteiger partial charge in [-0.1, -0.05) is 76.5 Å². The van der Waals surface area contributed by atoms with Crippen molar-refractivity contribution in [3.63, 3.8) is 0 Å². The molecule has 1 rings (SSSR count). The fourth-order valence-corrected chi connectivity index (χ4v) is 3.43. The van der Waals surface area contributed by atoms with E-state index in [2.05, 4.69) is 6.92 Å². The maximum Gasteiger partial charge on any atom is 0.119 e. The Labute approximate surface area is 177 Å². The highest BCUT2D eigenvalue weighted by molar-refractivity contribution is 5.20. The van der Waals surface area contributed by atoms with Crippen molar-refractivity contribution in [1.82, 2.24) is 0 Å². The maximum absolute atomic E-state index is 11.1. The third kappa shape index (κ3) is 12.2. The molecule has 0 spiro atoms. The molecule has 168 valence electrons. The first-order chi connectivity index (χ1) is 14.1. The van der Waals surface area contributed by atoms with Crippen LogP contribution in [0.3, 0.4) is 0 Å². The van der Waals surface area contributed by atoms with Crippen LogP contribution in [0.5, 0.6) is 5.75 Å². The maximum atomic E-state index is 11.1. The largest absolute Gasteiger partial charge is 0.491 e. The van der Waals surface area contributed by atoms with E-state index in [1.807, 2.05) is 30.3 Å². The lowest BCUT2D eigenvalue weighted by atomic mass is 9.87. The van der Waals surface area contributed by atoms with E-state index >= 15 is 0 Å². The standard InChI is InChI=1S/C24H42O5/c1-2-3-4-5-6-12-17-24(27,23(26)16-11-8-13-18-25)21-28-19-20-29-22-14-9-7-10-15-22/h7,9-10,14-15,23,25-27H,2-6,8,11-13,16-21H2,1H3. The van der Waals surface area contributed by atoms with E-state index in [4.69, 9.17) is 14.6 Å². The monoisotopic (exact) mass is 410 g/mol. The molecular formula is C24H42O5. The Kier molecular flexibility index (Phi) is 14.9. The molecule has 0 aliphatic rings. The topological polar surface area (TPSA) is 79.2 Å². The van der Waals surface area contributed by atoms with E-state index < -0.39 is 11.7 Å². The van der Waals surface area contributed by atoms with Crippen molar-refractivity contribution in [1.29, 1.82) is 0 Å². The number of benzene rings is 1. The lowest BCUT2D eigenvalue weighted by molar-refractivity contribution is -0.130. The summed E-state index contributed by atoms with van der Waals surface area (Å²) >= 11 is 0. The molecule has 0 saturated heterocycles. The predicted molar refractivity (Wildman–Crippen MR) is 117 cm³/mol. The fraction of sp³-hybridized carbons (Fsp3) is 0.750. The second-order valence-corrected chi connectivity index (χ2v) is 7.92. The molecule has 3 N–H and O–H groups in total.